The number of rotatable bonds is 7. The highest BCUT2D eigenvalue weighted by Crippen LogP contribution is 2.27. The fourth-order valence-electron chi connectivity index (χ4n) is 3.73. The maximum atomic E-state index is 12.6. The molecule has 0 saturated heterocycles. The molecule has 1 amide bonds. The molecule has 0 aliphatic carbocycles. The zero-order valence-electron chi connectivity index (χ0n) is 19.2. The summed E-state index contributed by atoms with van der Waals surface area (Å²) in [6.45, 7) is 3.66. The van der Waals surface area contributed by atoms with E-state index in [-0.39, 0.29) is 6.42 Å². The number of carbonyl (C=O) groups excluding carboxylic acids is 1. The molecule has 1 atom stereocenters. The Labute approximate surface area is 208 Å². The SMILES string of the molecule is Cc1ccn(-c2ccc(-c3ccc(CC(=O)O)cc3)nc2)c1NC(=O)OC(C)c1ccccc1Cl. The molecule has 1 unspecified atom stereocenters. The molecule has 2 heterocycles. The van der Waals surface area contributed by atoms with Gasteiger partial charge in [0.1, 0.15) is 11.9 Å². The largest absolute Gasteiger partial charge is 0.481 e. The molecule has 0 radical (unpaired) electrons. The molecular formula is C27H24ClN3O4. The first kappa shape index (κ1) is 24.0. The molecule has 35 heavy (non-hydrogen) atoms. The van der Waals surface area contributed by atoms with Crippen LogP contribution in [0.3, 0.4) is 0 Å². The van der Waals surface area contributed by atoms with Crippen LogP contribution >= 0.6 is 11.6 Å². The lowest BCUT2D eigenvalue weighted by molar-refractivity contribution is -0.136. The molecule has 2 aromatic carbocycles. The van der Waals surface area contributed by atoms with Gasteiger partial charge in [-0.2, -0.15) is 0 Å². The van der Waals surface area contributed by atoms with Crippen LogP contribution in [0.5, 0.6) is 0 Å². The third-order valence-corrected chi connectivity index (χ3v) is 5.91. The summed E-state index contributed by atoms with van der Waals surface area (Å²) in [5, 5.41) is 12.3. The van der Waals surface area contributed by atoms with Crippen molar-refractivity contribution in [3.05, 3.63) is 101 Å². The highest BCUT2D eigenvalue weighted by molar-refractivity contribution is 6.31. The number of hydrogen-bond donors (Lipinski definition) is 2. The summed E-state index contributed by atoms with van der Waals surface area (Å²) in [4.78, 5) is 28.0. The number of hydrogen-bond acceptors (Lipinski definition) is 4. The van der Waals surface area contributed by atoms with E-state index in [2.05, 4.69) is 10.3 Å². The number of carboxylic acid groups (broad SMARTS) is 1. The molecule has 0 aliphatic heterocycles. The maximum Gasteiger partial charge on any atom is 0.413 e. The smallest absolute Gasteiger partial charge is 0.413 e. The van der Waals surface area contributed by atoms with Crippen LogP contribution in [0, 0.1) is 6.92 Å². The monoisotopic (exact) mass is 489 g/mol. The maximum absolute atomic E-state index is 12.6. The highest BCUT2D eigenvalue weighted by Gasteiger charge is 2.17. The summed E-state index contributed by atoms with van der Waals surface area (Å²) in [6.07, 6.45) is 2.43. The summed E-state index contributed by atoms with van der Waals surface area (Å²) in [6, 6.07) is 20.2. The average molecular weight is 490 g/mol. The van der Waals surface area contributed by atoms with E-state index in [0.29, 0.717) is 10.8 Å². The number of nitrogens with one attached hydrogen (secondary N) is 1. The van der Waals surface area contributed by atoms with Gasteiger partial charge in [-0.3, -0.25) is 15.1 Å². The molecule has 7 nitrogen and oxygen atoms in total. The van der Waals surface area contributed by atoms with Gasteiger partial charge in [-0.05, 0) is 49.2 Å². The van der Waals surface area contributed by atoms with E-state index in [0.717, 1.165) is 33.6 Å². The summed E-state index contributed by atoms with van der Waals surface area (Å²) >= 11 is 6.21. The second-order valence-electron chi connectivity index (χ2n) is 8.08. The topological polar surface area (TPSA) is 93.5 Å². The number of amides is 1. The first-order chi connectivity index (χ1) is 16.8. The Morgan fingerprint density at radius 3 is 2.49 bits per heavy atom. The van der Waals surface area contributed by atoms with Crippen molar-refractivity contribution in [3.8, 4) is 16.9 Å². The minimum atomic E-state index is -0.867. The molecule has 2 N–H and O–H groups in total. The molecule has 0 aliphatic rings. The van der Waals surface area contributed by atoms with E-state index < -0.39 is 18.2 Å². The lowest BCUT2D eigenvalue weighted by atomic mass is 10.1. The average Bonchev–Trinajstić information content (AvgIpc) is 3.19. The van der Waals surface area contributed by atoms with E-state index in [9.17, 15) is 9.59 Å². The number of halogens is 1. The Hall–Kier alpha value is -4.10. The van der Waals surface area contributed by atoms with Gasteiger partial charge in [0.25, 0.3) is 0 Å². The van der Waals surface area contributed by atoms with E-state index in [1.165, 1.54) is 0 Å². The number of benzene rings is 2. The number of aromatic nitrogens is 2. The second-order valence-corrected chi connectivity index (χ2v) is 8.49. The number of ether oxygens (including phenoxy) is 1. The lowest BCUT2D eigenvalue weighted by Gasteiger charge is -2.17. The van der Waals surface area contributed by atoms with Crippen LogP contribution in [0.15, 0.2) is 79.1 Å². The standard InChI is InChI=1S/C27H24ClN3O4/c1-17-13-14-31(26(17)30-27(34)35-18(2)22-5-3-4-6-23(22)28)21-11-12-24(29-16-21)20-9-7-19(8-10-20)15-25(32)33/h3-14,16,18H,15H2,1-2H3,(H,30,34)(H,32,33). The van der Waals surface area contributed by atoms with Gasteiger partial charge in [0.05, 0.1) is 24.0 Å². The zero-order chi connectivity index (χ0) is 24.9. The van der Waals surface area contributed by atoms with Crippen LogP contribution in [0.25, 0.3) is 16.9 Å². The molecule has 0 bridgehead atoms. The van der Waals surface area contributed by atoms with E-state index in [1.54, 1.807) is 31.3 Å². The molecule has 4 aromatic rings. The van der Waals surface area contributed by atoms with Crippen molar-refractivity contribution >= 4 is 29.5 Å². The van der Waals surface area contributed by atoms with Crippen molar-refractivity contribution in [1.29, 1.82) is 0 Å². The number of aryl methyl sites for hydroxylation is 1. The Morgan fingerprint density at radius 2 is 1.83 bits per heavy atom. The quantitative estimate of drug-likeness (QED) is 0.311. The third kappa shape index (κ3) is 5.70. The molecular weight excluding hydrogens is 466 g/mol. The molecule has 0 fully saturated rings. The first-order valence-electron chi connectivity index (χ1n) is 11.0. The van der Waals surface area contributed by atoms with Crippen molar-refractivity contribution in [2.24, 2.45) is 0 Å². The number of carbonyl (C=O) groups is 2. The van der Waals surface area contributed by atoms with Crippen molar-refractivity contribution in [1.82, 2.24) is 9.55 Å². The normalized spacial score (nSPS) is 11.6. The van der Waals surface area contributed by atoms with Crippen molar-refractivity contribution in [2.45, 2.75) is 26.4 Å². The van der Waals surface area contributed by atoms with Gasteiger partial charge in [0, 0.05) is 22.3 Å². The molecule has 8 heteroatoms. The molecule has 0 saturated carbocycles. The van der Waals surface area contributed by atoms with Crippen LogP contribution in [-0.4, -0.2) is 26.7 Å². The van der Waals surface area contributed by atoms with Gasteiger partial charge in [-0.1, -0.05) is 54.1 Å². The highest BCUT2D eigenvalue weighted by atomic mass is 35.5. The van der Waals surface area contributed by atoms with Crippen molar-refractivity contribution < 1.29 is 19.4 Å². The zero-order valence-corrected chi connectivity index (χ0v) is 20.0. The molecule has 0 spiro atoms. The van der Waals surface area contributed by atoms with Crippen molar-refractivity contribution in [3.63, 3.8) is 0 Å². The Balaban J connectivity index is 1.48. The lowest BCUT2D eigenvalue weighted by Crippen LogP contribution is -2.18. The summed E-state index contributed by atoms with van der Waals surface area (Å²) in [5.74, 6) is -0.289. The van der Waals surface area contributed by atoms with Gasteiger partial charge in [0.2, 0.25) is 0 Å². The Morgan fingerprint density at radius 1 is 1.09 bits per heavy atom. The van der Waals surface area contributed by atoms with Crippen LogP contribution in [0.2, 0.25) is 5.02 Å². The van der Waals surface area contributed by atoms with Gasteiger partial charge in [-0.25, -0.2) is 4.79 Å². The van der Waals surface area contributed by atoms with Gasteiger partial charge in [0.15, 0.2) is 0 Å². The Kier molecular flexibility index (Phi) is 7.17. The second kappa shape index (κ2) is 10.4. The van der Waals surface area contributed by atoms with E-state index in [1.807, 2.05) is 66.2 Å². The van der Waals surface area contributed by atoms with Crippen LogP contribution < -0.4 is 5.32 Å². The Bertz CT molecular complexity index is 1350. The number of nitrogens with zero attached hydrogens (tertiary/aromatic N) is 2. The molecule has 178 valence electrons. The predicted molar refractivity (Wildman–Crippen MR) is 135 cm³/mol. The first-order valence-corrected chi connectivity index (χ1v) is 11.4. The fourth-order valence-corrected chi connectivity index (χ4v) is 4.02. The summed E-state index contributed by atoms with van der Waals surface area (Å²) in [7, 11) is 0. The third-order valence-electron chi connectivity index (χ3n) is 5.57. The van der Waals surface area contributed by atoms with Crippen LogP contribution in [0.1, 0.15) is 29.7 Å². The number of anilines is 1. The fraction of sp³-hybridized carbons (Fsp3) is 0.148. The van der Waals surface area contributed by atoms with Gasteiger partial charge < -0.3 is 14.4 Å². The number of aliphatic carboxylic acids is 1. The summed E-state index contributed by atoms with van der Waals surface area (Å²) in [5.41, 5.74) is 4.72. The van der Waals surface area contributed by atoms with E-state index >= 15 is 0 Å². The van der Waals surface area contributed by atoms with Crippen LogP contribution in [-0.2, 0) is 16.0 Å². The number of pyridine rings is 1. The number of carboxylic acids is 1. The summed E-state index contributed by atoms with van der Waals surface area (Å²) < 4.78 is 7.37. The minimum Gasteiger partial charge on any atom is -0.481 e. The molecule has 4 rings (SSSR count). The van der Waals surface area contributed by atoms with E-state index in [4.69, 9.17) is 21.4 Å². The molecule has 2 aromatic heterocycles. The van der Waals surface area contributed by atoms with Gasteiger partial charge in [-0.15, -0.1) is 0 Å². The van der Waals surface area contributed by atoms with Crippen molar-refractivity contribution in [2.75, 3.05) is 5.32 Å². The predicted octanol–water partition coefficient (Wildman–Crippen LogP) is 6.44. The minimum absolute atomic E-state index is 0.0188. The van der Waals surface area contributed by atoms with Crippen LogP contribution in [0.4, 0.5) is 10.6 Å². The van der Waals surface area contributed by atoms with Gasteiger partial charge >= 0.3 is 12.1 Å².